The number of carbonyl (C=O) groups excluding carboxylic acids is 1. The highest BCUT2D eigenvalue weighted by Gasteiger charge is 2.13. The predicted molar refractivity (Wildman–Crippen MR) is 58.1 cm³/mol. The van der Waals surface area contributed by atoms with Gasteiger partial charge in [-0.15, -0.1) is 0 Å². The van der Waals surface area contributed by atoms with E-state index in [9.17, 15) is 4.79 Å². The van der Waals surface area contributed by atoms with Gasteiger partial charge in [0, 0.05) is 0 Å². The number of hydrogen-bond acceptors (Lipinski definition) is 4. The molecule has 2 aromatic rings. The van der Waals surface area contributed by atoms with Gasteiger partial charge >= 0.3 is 0 Å². The fraction of sp³-hybridized carbons (Fsp3) is 0.100. The molecule has 16 heavy (non-hydrogen) atoms. The van der Waals surface area contributed by atoms with Crippen LogP contribution in [-0.2, 0) is 0 Å². The van der Waals surface area contributed by atoms with Gasteiger partial charge in [0.25, 0.3) is 5.24 Å². The Morgan fingerprint density at radius 3 is 2.62 bits per heavy atom. The third-order valence-corrected chi connectivity index (χ3v) is 2.25. The van der Waals surface area contributed by atoms with E-state index in [1.54, 1.807) is 18.2 Å². The van der Waals surface area contributed by atoms with Crippen molar-refractivity contribution in [3.63, 3.8) is 0 Å². The zero-order valence-corrected chi connectivity index (χ0v) is 9.18. The molecule has 0 aliphatic rings. The standard InChI is InChI=1S/C10H8ClN3O2/c1-16-7-2-3-9(8(6-7)10(11)15)14-12-4-5-13-14/h2-6H,1H3. The van der Waals surface area contributed by atoms with Crippen LogP contribution < -0.4 is 4.74 Å². The average molecular weight is 238 g/mol. The first-order valence-electron chi connectivity index (χ1n) is 4.47. The van der Waals surface area contributed by atoms with Gasteiger partial charge in [-0.1, -0.05) is 0 Å². The van der Waals surface area contributed by atoms with Crippen molar-refractivity contribution in [3.8, 4) is 11.4 Å². The van der Waals surface area contributed by atoms with Crippen LogP contribution in [0.2, 0.25) is 0 Å². The lowest BCUT2D eigenvalue weighted by atomic mass is 10.2. The highest BCUT2D eigenvalue weighted by molar-refractivity contribution is 6.68. The lowest BCUT2D eigenvalue weighted by Crippen LogP contribution is -2.05. The lowest BCUT2D eigenvalue weighted by molar-refractivity contribution is 0.108. The Morgan fingerprint density at radius 1 is 1.38 bits per heavy atom. The zero-order chi connectivity index (χ0) is 11.5. The number of carbonyl (C=O) groups is 1. The van der Waals surface area contributed by atoms with E-state index < -0.39 is 5.24 Å². The molecular formula is C10H8ClN3O2. The van der Waals surface area contributed by atoms with E-state index in [0.717, 1.165) is 0 Å². The molecule has 0 amide bonds. The van der Waals surface area contributed by atoms with E-state index in [1.807, 2.05) is 0 Å². The molecule has 0 atom stereocenters. The number of aromatic nitrogens is 3. The number of ether oxygens (including phenoxy) is 1. The number of hydrogen-bond donors (Lipinski definition) is 0. The summed E-state index contributed by atoms with van der Waals surface area (Å²) in [5.74, 6) is 0.555. The third-order valence-electron chi connectivity index (χ3n) is 2.05. The predicted octanol–water partition coefficient (Wildman–Crippen LogP) is 1.65. The van der Waals surface area contributed by atoms with Crippen molar-refractivity contribution in [2.75, 3.05) is 7.11 Å². The van der Waals surface area contributed by atoms with E-state index >= 15 is 0 Å². The van der Waals surface area contributed by atoms with Gasteiger partial charge in [0.15, 0.2) is 0 Å². The minimum absolute atomic E-state index is 0.303. The van der Waals surface area contributed by atoms with E-state index in [0.29, 0.717) is 17.0 Å². The van der Waals surface area contributed by atoms with Crippen LogP contribution >= 0.6 is 11.6 Å². The van der Waals surface area contributed by atoms with E-state index in [1.165, 1.54) is 24.3 Å². The summed E-state index contributed by atoms with van der Waals surface area (Å²) in [6.07, 6.45) is 3.04. The summed E-state index contributed by atoms with van der Waals surface area (Å²) in [5.41, 5.74) is 0.822. The van der Waals surface area contributed by atoms with Crippen molar-refractivity contribution in [3.05, 3.63) is 36.2 Å². The Kier molecular flexibility index (Phi) is 2.87. The van der Waals surface area contributed by atoms with Crippen molar-refractivity contribution in [2.45, 2.75) is 0 Å². The molecule has 0 N–H and O–H groups in total. The quantitative estimate of drug-likeness (QED) is 0.762. The Bertz CT molecular complexity index is 511. The van der Waals surface area contributed by atoms with Gasteiger partial charge in [-0.3, -0.25) is 4.79 Å². The topological polar surface area (TPSA) is 57.0 Å². The Hall–Kier alpha value is -1.88. The first-order valence-corrected chi connectivity index (χ1v) is 4.84. The molecule has 2 rings (SSSR count). The maximum atomic E-state index is 11.3. The minimum atomic E-state index is -0.578. The van der Waals surface area contributed by atoms with Crippen LogP contribution in [0.25, 0.3) is 5.69 Å². The highest BCUT2D eigenvalue weighted by atomic mass is 35.5. The molecule has 6 heteroatoms. The summed E-state index contributed by atoms with van der Waals surface area (Å²) < 4.78 is 5.02. The van der Waals surface area contributed by atoms with Gasteiger partial charge in [-0.2, -0.15) is 15.0 Å². The molecule has 0 saturated heterocycles. The van der Waals surface area contributed by atoms with Crippen LogP contribution in [-0.4, -0.2) is 27.3 Å². The summed E-state index contributed by atoms with van der Waals surface area (Å²) in [4.78, 5) is 12.6. The summed E-state index contributed by atoms with van der Waals surface area (Å²) in [6.45, 7) is 0. The van der Waals surface area contributed by atoms with Crippen molar-refractivity contribution >= 4 is 16.8 Å². The summed E-state index contributed by atoms with van der Waals surface area (Å²) >= 11 is 5.49. The average Bonchev–Trinajstić information content (AvgIpc) is 2.81. The van der Waals surface area contributed by atoms with Crippen molar-refractivity contribution in [2.24, 2.45) is 0 Å². The SMILES string of the molecule is COc1ccc(-n2nccn2)c(C(=O)Cl)c1. The molecule has 1 heterocycles. The summed E-state index contributed by atoms with van der Waals surface area (Å²) in [6, 6.07) is 4.94. The van der Waals surface area contributed by atoms with Crippen LogP contribution in [0, 0.1) is 0 Å². The number of halogens is 1. The van der Waals surface area contributed by atoms with E-state index in [2.05, 4.69) is 10.2 Å². The fourth-order valence-corrected chi connectivity index (χ4v) is 1.47. The lowest BCUT2D eigenvalue weighted by Gasteiger charge is -2.06. The maximum Gasteiger partial charge on any atom is 0.254 e. The minimum Gasteiger partial charge on any atom is -0.497 e. The van der Waals surface area contributed by atoms with Gasteiger partial charge in [0.2, 0.25) is 0 Å². The third kappa shape index (κ3) is 1.90. The van der Waals surface area contributed by atoms with Gasteiger partial charge in [0.05, 0.1) is 30.8 Å². The molecular weight excluding hydrogens is 230 g/mol. The Morgan fingerprint density at radius 2 is 2.06 bits per heavy atom. The fourth-order valence-electron chi connectivity index (χ4n) is 1.31. The molecule has 0 fully saturated rings. The summed E-state index contributed by atoms with van der Waals surface area (Å²) in [7, 11) is 1.52. The van der Waals surface area contributed by atoms with Gasteiger partial charge < -0.3 is 4.74 Å². The first kappa shape index (κ1) is 10.6. The molecule has 82 valence electrons. The van der Waals surface area contributed by atoms with Crippen LogP contribution in [0.5, 0.6) is 5.75 Å². The molecule has 0 aliphatic heterocycles. The second-order valence-corrected chi connectivity index (χ2v) is 3.32. The summed E-state index contributed by atoms with van der Waals surface area (Å²) in [5, 5.41) is 7.30. The monoisotopic (exact) mass is 237 g/mol. The molecule has 0 saturated carbocycles. The Labute approximate surface area is 96.6 Å². The molecule has 0 unspecified atom stereocenters. The van der Waals surface area contributed by atoms with Crippen LogP contribution in [0.1, 0.15) is 10.4 Å². The molecule has 0 aliphatic carbocycles. The smallest absolute Gasteiger partial charge is 0.254 e. The molecule has 0 spiro atoms. The van der Waals surface area contributed by atoms with Crippen molar-refractivity contribution in [1.82, 2.24) is 15.0 Å². The normalized spacial score (nSPS) is 10.1. The number of rotatable bonds is 3. The largest absolute Gasteiger partial charge is 0.497 e. The van der Waals surface area contributed by atoms with Gasteiger partial charge in [-0.05, 0) is 29.8 Å². The Balaban J connectivity index is 2.57. The number of benzene rings is 1. The van der Waals surface area contributed by atoms with Gasteiger partial charge in [0.1, 0.15) is 5.75 Å². The van der Waals surface area contributed by atoms with E-state index in [4.69, 9.17) is 16.3 Å². The molecule has 1 aromatic heterocycles. The van der Waals surface area contributed by atoms with Gasteiger partial charge in [-0.25, -0.2) is 0 Å². The molecule has 1 aromatic carbocycles. The second kappa shape index (κ2) is 4.32. The van der Waals surface area contributed by atoms with Crippen LogP contribution in [0.4, 0.5) is 0 Å². The maximum absolute atomic E-state index is 11.3. The van der Waals surface area contributed by atoms with Crippen LogP contribution in [0.15, 0.2) is 30.6 Å². The molecule has 5 nitrogen and oxygen atoms in total. The second-order valence-electron chi connectivity index (χ2n) is 2.98. The van der Waals surface area contributed by atoms with E-state index in [-0.39, 0.29) is 0 Å². The first-order chi connectivity index (χ1) is 7.72. The molecule has 0 radical (unpaired) electrons. The van der Waals surface area contributed by atoms with Crippen LogP contribution in [0.3, 0.4) is 0 Å². The zero-order valence-electron chi connectivity index (χ0n) is 8.42. The number of nitrogens with zero attached hydrogens (tertiary/aromatic N) is 3. The number of methoxy groups -OCH3 is 1. The van der Waals surface area contributed by atoms with Crippen molar-refractivity contribution in [1.29, 1.82) is 0 Å². The molecule has 0 bridgehead atoms. The highest BCUT2D eigenvalue weighted by Crippen LogP contribution is 2.21. The van der Waals surface area contributed by atoms with Crippen molar-refractivity contribution < 1.29 is 9.53 Å².